The standard InChI is InChI=1S/C25H38F2N6O5Si/c1-24(2,3)38-23(34)30-19-12-18(13-25(26,27)14-19)29-20-11-17(7-8-21(20)33(35)36)22-28-15-32(31-22)16-37-9-10-39(4,5)6/h7-8,11,15,18-19,29H,9-10,12-14,16H2,1-6H3,(H,30,34)/t18-,19+/m0/s1. The van der Waals surface area contributed by atoms with E-state index in [0.717, 1.165) is 6.04 Å². The lowest BCUT2D eigenvalue weighted by Gasteiger charge is -2.36. The molecule has 1 aromatic heterocycles. The van der Waals surface area contributed by atoms with Gasteiger partial charge in [-0.25, -0.2) is 23.2 Å². The van der Waals surface area contributed by atoms with Crippen molar-refractivity contribution < 1.29 is 28.0 Å². The molecule has 0 aliphatic heterocycles. The number of hydrogen-bond donors (Lipinski definition) is 2. The van der Waals surface area contributed by atoms with Gasteiger partial charge in [0.05, 0.1) is 4.92 Å². The first-order chi connectivity index (χ1) is 18.0. The van der Waals surface area contributed by atoms with E-state index in [1.54, 1.807) is 20.8 Å². The van der Waals surface area contributed by atoms with E-state index >= 15 is 0 Å². The summed E-state index contributed by atoms with van der Waals surface area (Å²) in [5.41, 5.74) is -0.492. The van der Waals surface area contributed by atoms with E-state index in [9.17, 15) is 23.7 Å². The average Bonchev–Trinajstić information content (AvgIpc) is 3.22. The summed E-state index contributed by atoms with van der Waals surface area (Å²) in [7, 11) is -1.22. The minimum absolute atomic E-state index is 0.0685. The van der Waals surface area contributed by atoms with Crippen LogP contribution in [0.4, 0.5) is 25.0 Å². The van der Waals surface area contributed by atoms with E-state index < -0.39 is 55.5 Å². The second-order valence-corrected chi connectivity index (χ2v) is 17.8. The largest absolute Gasteiger partial charge is 0.444 e. The van der Waals surface area contributed by atoms with Crippen LogP contribution in [0.1, 0.15) is 40.0 Å². The highest BCUT2D eigenvalue weighted by Gasteiger charge is 2.42. The van der Waals surface area contributed by atoms with Crippen LogP contribution in [0.2, 0.25) is 25.7 Å². The van der Waals surface area contributed by atoms with Crippen molar-refractivity contribution in [2.75, 3.05) is 11.9 Å². The van der Waals surface area contributed by atoms with Crippen LogP contribution >= 0.6 is 0 Å². The molecule has 39 heavy (non-hydrogen) atoms. The van der Waals surface area contributed by atoms with Crippen molar-refractivity contribution >= 4 is 25.5 Å². The lowest BCUT2D eigenvalue weighted by Crippen LogP contribution is -2.49. The van der Waals surface area contributed by atoms with Crippen LogP contribution in [-0.4, -0.2) is 64.1 Å². The van der Waals surface area contributed by atoms with Gasteiger partial charge in [0.15, 0.2) is 5.82 Å². The van der Waals surface area contributed by atoms with Crippen LogP contribution in [0.3, 0.4) is 0 Å². The quantitative estimate of drug-likeness (QED) is 0.162. The highest BCUT2D eigenvalue weighted by Crippen LogP contribution is 2.37. The van der Waals surface area contributed by atoms with E-state index in [-0.39, 0.29) is 24.5 Å². The molecule has 216 valence electrons. The number of ether oxygens (including phenoxy) is 2. The molecule has 14 heteroatoms. The number of nitro groups is 1. The lowest BCUT2D eigenvalue weighted by molar-refractivity contribution is -0.384. The Kier molecular flexibility index (Phi) is 9.31. The zero-order valence-corrected chi connectivity index (χ0v) is 24.3. The van der Waals surface area contributed by atoms with E-state index in [1.165, 1.54) is 29.2 Å². The zero-order chi connectivity index (χ0) is 29.0. The first-order valence-corrected chi connectivity index (χ1v) is 16.6. The van der Waals surface area contributed by atoms with Crippen molar-refractivity contribution in [3.8, 4) is 11.4 Å². The Morgan fingerprint density at radius 3 is 2.59 bits per heavy atom. The highest BCUT2D eigenvalue weighted by atomic mass is 28.3. The summed E-state index contributed by atoms with van der Waals surface area (Å²) in [6.45, 7) is 12.7. The summed E-state index contributed by atoms with van der Waals surface area (Å²) >= 11 is 0. The fourth-order valence-corrected chi connectivity index (χ4v) is 4.96. The van der Waals surface area contributed by atoms with Crippen molar-refractivity contribution in [3.63, 3.8) is 0 Å². The molecular formula is C25H38F2N6O5Si. The SMILES string of the molecule is CC(C)(C)OC(=O)N[C@@H]1C[C@H](Nc2cc(-c3ncn(COCC[Si](C)(C)C)n3)ccc2[N+](=O)[O-])CC(F)(F)C1. The fourth-order valence-electron chi connectivity index (χ4n) is 4.20. The van der Waals surface area contributed by atoms with E-state index in [0.29, 0.717) is 18.0 Å². The Hall–Kier alpha value is -3.13. The van der Waals surface area contributed by atoms with E-state index in [1.807, 2.05) is 0 Å². The molecule has 2 atom stereocenters. The molecule has 1 fully saturated rings. The minimum Gasteiger partial charge on any atom is -0.444 e. The van der Waals surface area contributed by atoms with Crippen molar-refractivity contribution in [1.82, 2.24) is 20.1 Å². The van der Waals surface area contributed by atoms with Gasteiger partial charge in [-0.15, -0.1) is 5.10 Å². The molecule has 0 saturated heterocycles. The number of carbonyl (C=O) groups excluding carboxylic acids is 1. The second kappa shape index (κ2) is 11.9. The molecular weight excluding hydrogens is 530 g/mol. The number of nitrogens with one attached hydrogen (secondary N) is 2. The summed E-state index contributed by atoms with van der Waals surface area (Å²) < 4.78 is 41.6. The lowest BCUT2D eigenvalue weighted by atomic mass is 9.87. The van der Waals surface area contributed by atoms with Gasteiger partial charge in [-0.2, -0.15) is 0 Å². The van der Waals surface area contributed by atoms with Crippen molar-refractivity contribution in [3.05, 3.63) is 34.6 Å². The van der Waals surface area contributed by atoms with Crippen LogP contribution in [-0.2, 0) is 16.2 Å². The van der Waals surface area contributed by atoms with Gasteiger partial charge < -0.3 is 20.1 Å². The molecule has 1 aromatic carbocycles. The maximum absolute atomic E-state index is 14.6. The monoisotopic (exact) mass is 568 g/mol. The van der Waals surface area contributed by atoms with E-state index in [2.05, 4.69) is 40.4 Å². The Morgan fingerprint density at radius 1 is 1.26 bits per heavy atom. The zero-order valence-electron chi connectivity index (χ0n) is 23.3. The molecule has 1 aliphatic rings. The Labute approximate surface area is 227 Å². The summed E-state index contributed by atoms with van der Waals surface area (Å²) in [5.74, 6) is -2.77. The Bertz CT molecular complexity index is 1160. The molecule has 1 heterocycles. The summed E-state index contributed by atoms with van der Waals surface area (Å²) in [5, 5.41) is 21.5. The Morgan fingerprint density at radius 2 is 1.95 bits per heavy atom. The third kappa shape index (κ3) is 9.84. The summed E-state index contributed by atoms with van der Waals surface area (Å²) in [6, 6.07) is 3.58. The predicted octanol–water partition coefficient (Wildman–Crippen LogP) is 5.66. The van der Waals surface area contributed by atoms with Gasteiger partial charge in [-0.05, 0) is 45.4 Å². The smallest absolute Gasteiger partial charge is 0.407 e. The molecule has 0 bridgehead atoms. The number of anilines is 1. The van der Waals surface area contributed by atoms with Gasteiger partial charge in [-0.3, -0.25) is 10.1 Å². The second-order valence-electron chi connectivity index (χ2n) is 12.1. The van der Waals surface area contributed by atoms with Gasteiger partial charge in [0.25, 0.3) is 11.6 Å². The average molecular weight is 569 g/mol. The maximum atomic E-state index is 14.6. The molecule has 1 aliphatic carbocycles. The molecule has 3 rings (SSSR count). The number of nitro benzene ring substituents is 1. The third-order valence-electron chi connectivity index (χ3n) is 5.95. The van der Waals surface area contributed by atoms with Crippen LogP contribution < -0.4 is 10.6 Å². The van der Waals surface area contributed by atoms with Gasteiger partial charge in [0.2, 0.25) is 0 Å². The van der Waals surface area contributed by atoms with Crippen LogP contribution in [0.25, 0.3) is 11.4 Å². The van der Waals surface area contributed by atoms with Crippen LogP contribution in [0.15, 0.2) is 24.5 Å². The molecule has 0 radical (unpaired) electrons. The van der Waals surface area contributed by atoms with Crippen LogP contribution in [0.5, 0.6) is 0 Å². The van der Waals surface area contributed by atoms with Gasteiger partial charge in [-0.1, -0.05) is 19.6 Å². The number of hydrogen-bond acceptors (Lipinski definition) is 8. The highest BCUT2D eigenvalue weighted by molar-refractivity contribution is 6.76. The molecule has 2 N–H and O–H groups in total. The molecule has 1 saturated carbocycles. The number of rotatable bonds is 10. The predicted molar refractivity (Wildman–Crippen MR) is 146 cm³/mol. The molecule has 2 aromatic rings. The number of benzene rings is 1. The summed E-state index contributed by atoms with van der Waals surface area (Å²) in [6.07, 6.45) is -0.232. The maximum Gasteiger partial charge on any atom is 0.407 e. The van der Waals surface area contributed by atoms with Crippen LogP contribution in [0, 0.1) is 10.1 Å². The molecule has 1 amide bonds. The van der Waals surface area contributed by atoms with Crippen molar-refractivity contribution in [2.45, 2.75) is 96.1 Å². The first-order valence-electron chi connectivity index (χ1n) is 12.9. The number of alkyl halides is 2. The van der Waals surface area contributed by atoms with Gasteiger partial charge in [0, 0.05) is 51.2 Å². The topological polar surface area (TPSA) is 133 Å². The van der Waals surface area contributed by atoms with Crippen molar-refractivity contribution in [1.29, 1.82) is 0 Å². The number of alkyl carbamates (subject to hydrolysis) is 1. The first kappa shape index (κ1) is 30.4. The van der Waals surface area contributed by atoms with E-state index in [4.69, 9.17) is 9.47 Å². The minimum atomic E-state index is -3.09. The third-order valence-corrected chi connectivity index (χ3v) is 7.65. The normalized spacial score (nSPS) is 19.4. The molecule has 0 spiro atoms. The molecule has 11 nitrogen and oxygen atoms in total. The van der Waals surface area contributed by atoms with Gasteiger partial charge in [0.1, 0.15) is 24.3 Å². The number of amides is 1. The summed E-state index contributed by atoms with van der Waals surface area (Å²) in [4.78, 5) is 27.6. The molecule has 0 unspecified atom stereocenters. The van der Waals surface area contributed by atoms with Gasteiger partial charge >= 0.3 is 6.09 Å². The number of nitrogens with zero attached hydrogens (tertiary/aromatic N) is 4. The van der Waals surface area contributed by atoms with Crippen molar-refractivity contribution in [2.24, 2.45) is 0 Å². The fraction of sp³-hybridized carbons (Fsp3) is 0.640. The number of carbonyl (C=O) groups is 1. The number of aromatic nitrogens is 3. The number of halogens is 2. The Balaban J connectivity index is 1.73.